The molecule has 3 aromatic carbocycles. The van der Waals surface area contributed by atoms with E-state index >= 15 is 0 Å². The topological polar surface area (TPSA) is 64.4 Å². The second-order valence-corrected chi connectivity index (χ2v) is 9.20. The third kappa shape index (κ3) is 4.74. The van der Waals surface area contributed by atoms with Crippen LogP contribution in [-0.2, 0) is 11.2 Å². The van der Waals surface area contributed by atoms with Gasteiger partial charge in [0.05, 0.1) is 10.0 Å². The van der Waals surface area contributed by atoms with Crippen molar-refractivity contribution in [3.63, 3.8) is 0 Å². The van der Waals surface area contributed by atoms with E-state index in [-0.39, 0.29) is 28.3 Å². The third-order valence-corrected chi connectivity index (χ3v) is 7.16. The minimum atomic E-state index is -0.359. The van der Waals surface area contributed by atoms with E-state index in [0.29, 0.717) is 33.3 Å². The maximum absolute atomic E-state index is 12.7. The number of hydrogen-bond donors (Lipinski definition) is 1. The molecule has 4 aromatic rings. The van der Waals surface area contributed by atoms with Gasteiger partial charge in [-0.25, -0.2) is 4.98 Å². The van der Waals surface area contributed by atoms with Crippen LogP contribution in [0.1, 0.15) is 29.2 Å². The van der Waals surface area contributed by atoms with Gasteiger partial charge in [0.2, 0.25) is 5.89 Å². The highest BCUT2D eigenvalue weighted by Crippen LogP contribution is 2.42. The van der Waals surface area contributed by atoms with Crippen molar-refractivity contribution in [2.45, 2.75) is 34.1 Å². The molecule has 0 saturated carbocycles. The van der Waals surface area contributed by atoms with Crippen molar-refractivity contribution in [3.05, 3.63) is 73.7 Å². The highest BCUT2D eigenvalue weighted by molar-refractivity contribution is 6.42. The van der Waals surface area contributed by atoms with Gasteiger partial charge in [-0.15, -0.1) is 0 Å². The number of carbonyl (C=O) groups is 1. The maximum Gasteiger partial charge on any atom is 0.262 e. The lowest BCUT2D eigenvalue weighted by Gasteiger charge is -2.16. The minimum absolute atomic E-state index is 0.237. The number of fused-ring (bicyclic) bond motifs is 1. The summed E-state index contributed by atoms with van der Waals surface area (Å²) in [5, 5.41) is 3.92. The molecule has 0 fully saturated rings. The molecular formula is C26H23Cl3N2O3. The van der Waals surface area contributed by atoms with Gasteiger partial charge < -0.3 is 14.5 Å². The van der Waals surface area contributed by atoms with Crippen molar-refractivity contribution in [2.75, 3.05) is 11.9 Å². The number of anilines is 1. The van der Waals surface area contributed by atoms with Gasteiger partial charge in [-0.2, -0.15) is 0 Å². The van der Waals surface area contributed by atoms with E-state index in [9.17, 15) is 4.79 Å². The summed E-state index contributed by atoms with van der Waals surface area (Å²) in [5.74, 6) is 0.366. The van der Waals surface area contributed by atoms with Gasteiger partial charge in [-0.1, -0.05) is 53.9 Å². The number of aryl methyl sites for hydroxylation is 2. The Kier molecular flexibility index (Phi) is 7.08. The number of rotatable bonds is 6. The molecule has 5 nitrogen and oxygen atoms in total. The van der Waals surface area contributed by atoms with Crippen molar-refractivity contribution >= 4 is 57.5 Å². The molecule has 0 radical (unpaired) electrons. The number of nitrogens with one attached hydrogen (secondary N) is 1. The molecule has 1 aromatic heterocycles. The van der Waals surface area contributed by atoms with Gasteiger partial charge in [-0.3, -0.25) is 4.79 Å². The first kappa shape index (κ1) is 24.4. The molecule has 8 heteroatoms. The van der Waals surface area contributed by atoms with Gasteiger partial charge in [-0.05, 0) is 73.7 Å². The van der Waals surface area contributed by atoms with Crippen LogP contribution in [0.3, 0.4) is 0 Å². The average molecular weight is 518 g/mol. The molecular weight excluding hydrogens is 495 g/mol. The number of ether oxygens (including phenoxy) is 1. The first-order valence-corrected chi connectivity index (χ1v) is 11.9. The number of carbonyl (C=O) groups excluding carboxylic acids is 1. The van der Waals surface area contributed by atoms with E-state index in [0.717, 1.165) is 23.1 Å². The van der Waals surface area contributed by atoms with E-state index in [2.05, 4.69) is 17.2 Å². The molecule has 1 N–H and O–H groups in total. The quantitative estimate of drug-likeness (QED) is 0.282. The van der Waals surface area contributed by atoms with Gasteiger partial charge in [0.25, 0.3) is 5.91 Å². The fourth-order valence-corrected chi connectivity index (χ4v) is 4.39. The Balaban J connectivity index is 1.53. The number of hydrogen-bond acceptors (Lipinski definition) is 4. The van der Waals surface area contributed by atoms with Crippen molar-refractivity contribution in [3.8, 4) is 17.2 Å². The van der Waals surface area contributed by atoms with E-state index in [1.54, 1.807) is 13.8 Å². The maximum atomic E-state index is 12.7. The molecule has 0 saturated heterocycles. The first-order valence-electron chi connectivity index (χ1n) is 10.8. The van der Waals surface area contributed by atoms with E-state index in [4.69, 9.17) is 44.0 Å². The zero-order valence-corrected chi connectivity index (χ0v) is 21.5. The Bertz CT molecular complexity index is 1380. The molecule has 0 aliphatic rings. The summed E-state index contributed by atoms with van der Waals surface area (Å²) in [7, 11) is 0. The van der Waals surface area contributed by atoms with Gasteiger partial charge >= 0.3 is 0 Å². The summed E-state index contributed by atoms with van der Waals surface area (Å²) in [4.78, 5) is 17.3. The van der Waals surface area contributed by atoms with Gasteiger partial charge in [0.15, 0.2) is 17.9 Å². The number of aromatic nitrogens is 1. The Morgan fingerprint density at radius 2 is 1.71 bits per heavy atom. The normalized spacial score (nSPS) is 11.1. The van der Waals surface area contributed by atoms with Crippen LogP contribution in [0.25, 0.3) is 22.6 Å². The predicted molar refractivity (Wildman–Crippen MR) is 139 cm³/mol. The fraction of sp³-hybridized carbons (Fsp3) is 0.231. The van der Waals surface area contributed by atoms with Crippen LogP contribution in [0.15, 0.2) is 40.8 Å². The summed E-state index contributed by atoms with van der Waals surface area (Å²) in [6.07, 6.45) is 0.923. The van der Waals surface area contributed by atoms with Gasteiger partial charge in [0.1, 0.15) is 5.52 Å². The molecule has 0 aliphatic carbocycles. The third-order valence-electron chi connectivity index (χ3n) is 5.68. The van der Waals surface area contributed by atoms with E-state index in [1.807, 2.05) is 43.3 Å². The molecule has 34 heavy (non-hydrogen) atoms. The second kappa shape index (κ2) is 9.87. The SMILES string of the molecule is CCc1ccc2oc(-c3ccc(C)c(NC(=O)COc4c(Cl)c(C)c(Cl)c(C)c4Cl)c3)nc2c1. The molecule has 0 aliphatic heterocycles. The van der Waals surface area contributed by atoms with Crippen LogP contribution in [0.4, 0.5) is 5.69 Å². The lowest BCUT2D eigenvalue weighted by molar-refractivity contribution is -0.118. The van der Waals surface area contributed by atoms with Crippen LogP contribution in [0, 0.1) is 20.8 Å². The molecule has 0 atom stereocenters. The number of oxazole rings is 1. The minimum Gasteiger partial charge on any atom is -0.481 e. The summed E-state index contributed by atoms with van der Waals surface area (Å²) in [6.45, 7) is 7.26. The summed E-state index contributed by atoms with van der Waals surface area (Å²) in [6, 6.07) is 11.6. The fourth-order valence-electron chi connectivity index (χ4n) is 3.57. The summed E-state index contributed by atoms with van der Waals surface area (Å²) in [5.41, 5.74) is 6.27. The van der Waals surface area contributed by atoms with Crippen LogP contribution >= 0.6 is 34.8 Å². The van der Waals surface area contributed by atoms with E-state index in [1.165, 1.54) is 5.56 Å². The molecule has 0 spiro atoms. The highest BCUT2D eigenvalue weighted by Gasteiger charge is 2.19. The van der Waals surface area contributed by atoms with Crippen LogP contribution in [0.5, 0.6) is 5.75 Å². The molecule has 1 heterocycles. The second-order valence-electron chi connectivity index (χ2n) is 8.06. The average Bonchev–Trinajstić information content (AvgIpc) is 3.26. The Morgan fingerprint density at radius 1 is 1.00 bits per heavy atom. The molecule has 0 bridgehead atoms. The van der Waals surface area contributed by atoms with Crippen LogP contribution in [0.2, 0.25) is 15.1 Å². The monoisotopic (exact) mass is 516 g/mol. The summed E-state index contributed by atoms with van der Waals surface area (Å²) >= 11 is 18.9. The van der Waals surface area contributed by atoms with E-state index < -0.39 is 0 Å². The number of amides is 1. The smallest absolute Gasteiger partial charge is 0.262 e. The van der Waals surface area contributed by atoms with Crippen LogP contribution in [-0.4, -0.2) is 17.5 Å². The molecule has 1 amide bonds. The predicted octanol–water partition coefficient (Wildman–Crippen LogP) is 7.96. The molecule has 176 valence electrons. The molecule has 0 unspecified atom stereocenters. The van der Waals surface area contributed by atoms with Crippen molar-refractivity contribution in [2.24, 2.45) is 0 Å². The first-order chi connectivity index (χ1) is 16.2. The van der Waals surface area contributed by atoms with Crippen LogP contribution < -0.4 is 10.1 Å². The largest absolute Gasteiger partial charge is 0.481 e. The standard InChI is InChI=1S/C26H23Cl3N2O3/c1-5-16-7-9-20-19(10-16)31-26(34-20)17-8-6-13(2)18(11-17)30-21(32)12-33-25-23(28)14(3)22(27)15(4)24(25)29/h6-11H,5,12H2,1-4H3,(H,30,32). The molecule has 4 rings (SSSR count). The van der Waals surface area contributed by atoms with Gasteiger partial charge in [0, 0.05) is 16.3 Å². The number of nitrogens with zero attached hydrogens (tertiary/aromatic N) is 1. The number of halogens is 3. The highest BCUT2D eigenvalue weighted by atomic mass is 35.5. The Labute approximate surface area is 213 Å². The Morgan fingerprint density at radius 3 is 2.38 bits per heavy atom. The lowest BCUT2D eigenvalue weighted by atomic mass is 10.1. The van der Waals surface area contributed by atoms with Crippen molar-refractivity contribution in [1.29, 1.82) is 0 Å². The number of benzene rings is 3. The zero-order chi connectivity index (χ0) is 24.6. The van der Waals surface area contributed by atoms with Crippen molar-refractivity contribution in [1.82, 2.24) is 4.98 Å². The van der Waals surface area contributed by atoms with Crippen molar-refractivity contribution < 1.29 is 13.9 Å². The summed E-state index contributed by atoms with van der Waals surface area (Å²) < 4.78 is 11.6. The zero-order valence-electron chi connectivity index (χ0n) is 19.2. The lowest BCUT2D eigenvalue weighted by Crippen LogP contribution is -2.21. The Hall–Kier alpha value is -2.73.